The summed E-state index contributed by atoms with van der Waals surface area (Å²) in [6.45, 7) is 0. The van der Waals surface area contributed by atoms with Crippen LogP contribution in [0.15, 0.2) is 53.6 Å². The number of Topliss-reactive ketones (excluding diaryl/α,β-unsaturated/α-hetero) is 1. The highest BCUT2D eigenvalue weighted by Gasteiger charge is 2.12. The number of carbonyl (C=O) groups is 1. The van der Waals surface area contributed by atoms with Crippen LogP contribution in [0.5, 0.6) is 0 Å². The highest BCUT2D eigenvalue weighted by atomic mass is 32.1. The van der Waals surface area contributed by atoms with E-state index in [0.29, 0.717) is 10.4 Å². The molecule has 0 saturated heterocycles. The molecule has 0 spiro atoms. The molecule has 3 rings (SSSR count). The number of hydrogen-bond acceptors (Lipinski definition) is 4. The van der Waals surface area contributed by atoms with Crippen molar-refractivity contribution in [3.8, 4) is 10.4 Å². The van der Waals surface area contributed by atoms with Crippen LogP contribution in [0, 0.1) is 5.82 Å². The fourth-order valence-corrected chi connectivity index (χ4v) is 2.96. The summed E-state index contributed by atoms with van der Waals surface area (Å²) < 4.78 is 13.1. The Morgan fingerprint density at radius 3 is 2.86 bits per heavy atom. The van der Waals surface area contributed by atoms with Crippen LogP contribution in [0.2, 0.25) is 0 Å². The topological polar surface area (TPSA) is 62.8 Å². The lowest BCUT2D eigenvalue weighted by Crippen LogP contribution is -2.07. The van der Waals surface area contributed by atoms with E-state index in [1.54, 1.807) is 30.5 Å². The molecule has 0 fully saturated rings. The molecule has 0 aliphatic heterocycles. The summed E-state index contributed by atoms with van der Waals surface area (Å²) in [6, 6.07) is 9.55. The van der Waals surface area contributed by atoms with Crippen molar-refractivity contribution in [3.05, 3.63) is 75.5 Å². The highest BCUT2D eigenvalue weighted by Crippen LogP contribution is 2.27. The minimum atomic E-state index is -0.414. The van der Waals surface area contributed by atoms with E-state index in [9.17, 15) is 14.0 Å². The summed E-state index contributed by atoms with van der Waals surface area (Å²) in [4.78, 5) is 30.8. The number of ketones is 1. The number of nitrogens with zero attached hydrogens (tertiary/aromatic N) is 1. The molecule has 2 heterocycles. The van der Waals surface area contributed by atoms with Gasteiger partial charge in [-0.2, -0.15) is 0 Å². The summed E-state index contributed by atoms with van der Waals surface area (Å²) >= 11 is 1.32. The van der Waals surface area contributed by atoms with E-state index < -0.39 is 5.69 Å². The summed E-state index contributed by atoms with van der Waals surface area (Å²) in [7, 11) is 0. The lowest BCUT2D eigenvalue weighted by atomic mass is 10.1. The minimum absolute atomic E-state index is 0.0702. The Labute approximate surface area is 129 Å². The van der Waals surface area contributed by atoms with Crippen LogP contribution in [0.4, 0.5) is 4.39 Å². The van der Waals surface area contributed by atoms with Crippen molar-refractivity contribution in [3.63, 3.8) is 0 Å². The molecule has 0 radical (unpaired) electrons. The predicted molar refractivity (Wildman–Crippen MR) is 82.6 cm³/mol. The van der Waals surface area contributed by atoms with Crippen LogP contribution >= 0.6 is 11.3 Å². The SMILES string of the molecule is O=C(Cc1cccc(F)c1)c1ccc(-c2cnc(=O)[nH]c2)s1. The van der Waals surface area contributed by atoms with Gasteiger partial charge in [-0.05, 0) is 29.8 Å². The monoisotopic (exact) mass is 314 g/mol. The van der Waals surface area contributed by atoms with Crippen LogP contribution in [-0.4, -0.2) is 15.8 Å². The van der Waals surface area contributed by atoms with Crippen LogP contribution in [0.3, 0.4) is 0 Å². The molecule has 0 aliphatic carbocycles. The van der Waals surface area contributed by atoms with Crippen molar-refractivity contribution in [1.82, 2.24) is 9.97 Å². The number of rotatable bonds is 4. The average molecular weight is 314 g/mol. The Hall–Kier alpha value is -2.60. The highest BCUT2D eigenvalue weighted by molar-refractivity contribution is 7.17. The van der Waals surface area contributed by atoms with Crippen molar-refractivity contribution >= 4 is 17.1 Å². The first-order chi connectivity index (χ1) is 10.6. The van der Waals surface area contributed by atoms with Gasteiger partial charge in [0.05, 0.1) is 4.88 Å². The van der Waals surface area contributed by atoms with Gasteiger partial charge in [0.25, 0.3) is 0 Å². The van der Waals surface area contributed by atoms with Gasteiger partial charge in [0, 0.05) is 29.3 Å². The predicted octanol–water partition coefficient (Wildman–Crippen LogP) is 3.06. The molecule has 22 heavy (non-hydrogen) atoms. The molecule has 0 bridgehead atoms. The number of halogens is 1. The van der Waals surface area contributed by atoms with Crippen molar-refractivity contribution in [2.75, 3.05) is 0 Å². The van der Waals surface area contributed by atoms with Gasteiger partial charge in [-0.1, -0.05) is 12.1 Å². The van der Waals surface area contributed by atoms with Crippen LogP contribution in [0.1, 0.15) is 15.2 Å². The molecule has 2 aromatic heterocycles. The van der Waals surface area contributed by atoms with E-state index in [1.165, 1.54) is 29.7 Å². The molecular weight excluding hydrogens is 303 g/mol. The van der Waals surface area contributed by atoms with Gasteiger partial charge in [0.15, 0.2) is 5.78 Å². The lowest BCUT2D eigenvalue weighted by molar-refractivity contribution is 0.0997. The van der Waals surface area contributed by atoms with Gasteiger partial charge in [0.2, 0.25) is 0 Å². The molecule has 0 aliphatic rings. The van der Waals surface area contributed by atoms with Crippen molar-refractivity contribution in [1.29, 1.82) is 0 Å². The summed E-state index contributed by atoms with van der Waals surface area (Å²) in [5.74, 6) is -0.421. The van der Waals surface area contributed by atoms with E-state index in [1.807, 2.05) is 0 Å². The molecule has 0 amide bonds. The number of benzene rings is 1. The van der Waals surface area contributed by atoms with Gasteiger partial charge >= 0.3 is 5.69 Å². The van der Waals surface area contributed by atoms with E-state index in [4.69, 9.17) is 0 Å². The van der Waals surface area contributed by atoms with Crippen LogP contribution in [0.25, 0.3) is 10.4 Å². The summed E-state index contributed by atoms with van der Waals surface area (Å²) in [6.07, 6.45) is 3.18. The zero-order valence-electron chi connectivity index (χ0n) is 11.4. The number of thiophene rings is 1. The maximum Gasteiger partial charge on any atom is 0.344 e. The molecular formula is C16H11FN2O2S. The smallest absolute Gasteiger partial charge is 0.312 e. The second-order valence-corrected chi connectivity index (χ2v) is 5.78. The number of nitrogens with one attached hydrogen (secondary N) is 1. The van der Waals surface area contributed by atoms with Crippen molar-refractivity contribution < 1.29 is 9.18 Å². The number of carbonyl (C=O) groups excluding carboxylic acids is 1. The molecule has 1 aromatic carbocycles. The third kappa shape index (κ3) is 3.17. The molecule has 4 nitrogen and oxygen atoms in total. The van der Waals surface area contributed by atoms with E-state index in [2.05, 4.69) is 9.97 Å². The second-order valence-electron chi connectivity index (χ2n) is 4.70. The largest absolute Gasteiger partial charge is 0.344 e. The molecule has 110 valence electrons. The Bertz CT molecular complexity index is 865. The minimum Gasteiger partial charge on any atom is -0.312 e. The zero-order chi connectivity index (χ0) is 15.5. The van der Waals surface area contributed by atoms with E-state index in [-0.39, 0.29) is 18.0 Å². The zero-order valence-corrected chi connectivity index (χ0v) is 12.2. The van der Waals surface area contributed by atoms with Gasteiger partial charge in [-0.15, -0.1) is 11.3 Å². The Kier molecular flexibility index (Phi) is 3.93. The first-order valence-corrected chi connectivity index (χ1v) is 7.36. The van der Waals surface area contributed by atoms with Gasteiger partial charge in [-0.3, -0.25) is 4.79 Å². The van der Waals surface area contributed by atoms with Crippen LogP contribution < -0.4 is 5.69 Å². The van der Waals surface area contributed by atoms with Gasteiger partial charge < -0.3 is 4.98 Å². The van der Waals surface area contributed by atoms with Crippen molar-refractivity contribution in [2.45, 2.75) is 6.42 Å². The molecule has 0 unspecified atom stereocenters. The normalized spacial score (nSPS) is 10.6. The fraction of sp³-hybridized carbons (Fsp3) is 0.0625. The first kappa shape index (κ1) is 14.3. The molecule has 0 atom stereocenters. The van der Waals surface area contributed by atoms with Gasteiger partial charge in [-0.25, -0.2) is 14.2 Å². The Morgan fingerprint density at radius 1 is 1.27 bits per heavy atom. The Balaban J connectivity index is 1.79. The van der Waals surface area contributed by atoms with Crippen LogP contribution in [-0.2, 0) is 6.42 Å². The number of aromatic amines is 1. The van der Waals surface area contributed by atoms with Crippen molar-refractivity contribution in [2.24, 2.45) is 0 Å². The standard InChI is InChI=1S/C16H11FN2O2S/c17-12-3-1-2-10(6-12)7-13(20)15-5-4-14(22-15)11-8-18-16(21)19-9-11/h1-6,8-9H,7H2,(H,18,19,21). The Morgan fingerprint density at radius 2 is 2.14 bits per heavy atom. The van der Waals surface area contributed by atoms with Gasteiger partial charge in [0.1, 0.15) is 5.82 Å². The fourth-order valence-electron chi connectivity index (χ4n) is 2.04. The molecule has 0 saturated carbocycles. The van der Waals surface area contributed by atoms with E-state index in [0.717, 1.165) is 10.4 Å². The first-order valence-electron chi connectivity index (χ1n) is 6.54. The lowest BCUT2D eigenvalue weighted by Gasteiger charge is -1.99. The third-order valence-electron chi connectivity index (χ3n) is 3.09. The number of H-pyrrole nitrogens is 1. The molecule has 3 aromatic rings. The second kappa shape index (κ2) is 6.03. The maximum absolute atomic E-state index is 13.1. The quantitative estimate of drug-likeness (QED) is 0.753. The number of aromatic nitrogens is 2. The maximum atomic E-state index is 13.1. The third-order valence-corrected chi connectivity index (χ3v) is 4.27. The number of hydrogen-bond donors (Lipinski definition) is 1. The molecule has 6 heteroatoms. The summed E-state index contributed by atoms with van der Waals surface area (Å²) in [5, 5.41) is 0. The van der Waals surface area contributed by atoms with E-state index >= 15 is 0 Å². The molecule has 1 N–H and O–H groups in total. The summed E-state index contributed by atoms with van der Waals surface area (Å²) in [5.41, 5.74) is 0.975. The average Bonchev–Trinajstić information content (AvgIpc) is 2.98.